The maximum absolute atomic E-state index is 13.4. The van der Waals surface area contributed by atoms with Crippen LogP contribution < -0.4 is 10.2 Å². The number of nitrogens with zero attached hydrogens (tertiary/aromatic N) is 6. The summed E-state index contributed by atoms with van der Waals surface area (Å²) in [6.45, 7) is 20.5. The van der Waals surface area contributed by atoms with Crippen molar-refractivity contribution in [1.82, 2.24) is 39.1 Å². The summed E-state index contributed by atoms with van der Waals surface area (Å²) < 4.78 is 25.3. The van der Waals surface area contributed by atoms with Crippen LogP contribution in [-0.2, 0) is 46.3 Å². The highest BCUT2D eigenvalue weighted by Crippen LogP contribution is 2.42. The Kier molecular flexibility index (Phi) is 21.4. The summed E-state index contributed by atoms with van der Waals surface area (Å²) in [5, 5.41) is 31.1. The number of carbonyl (C=O) groups is 4. The minimum atomic E-state index is -2.22. The summed E-state index contributed by atoms with van der Waals surface area (Å²) in [5.74, 6) is -2.27. The van der Waals surface area contributed by atoms with Gasteiger partial charge in [-0.15, -0.1) is 0 Å². The van der Waals surface area contributed by atoms with Crippen molar-refractivity contribution in [3.05, 3.63) is 156 Å². The quantitative estimate of drug-likeness (QED) is 0.0278. The number of cyclic esters (lactones) is 2. The van der Waals surface area contributed by atoms with Crippen LogP contribution in [0.25, 0.3) is 22.5 Å². The van der Waals surface area contributed by atoms with E-state index in [0.717, 1.165) is 33.6 Å². The van der Waals surface area contributed by atoms with Gasteiger partial charge >= 0.3 is 37.9 Å². The van der Waals surface area contributed by atoms with Gasteiger partial charge in [-0.3, -0.25) is 14.6 Å². The van der Waals surface area contributed by atoms with Gasteiger partial charge in [0.2, 0.25) is 0 Å². The first-order valence-corrected chi connectivity index (χ1v) is 29.2. The van der Waals surface area contributed by atoms with Crippen LogP contribution >= 0.6 is 7.29 Å². The smallest absolute Gasteiger partial charge is 0.397 e. The Morgan fingerprint density at radius 3 is 1.30 bits per heavy atom. The van der Waals surface area contributed by atoms with Gasteiger partial charge in [-0.25, -0.2) is 19.6 Å². The van der Waals surface area contributed by atoms with Crippen molar-refractivity contribution in [3.63, 3.8) is 0 Å². The lowest BCUT2D eigenvalue weighted by atomic mass is 9.84. The average molecular weight is 1100 g/mol. The van der Waals surface area contributed by atoms with Crippen molar-refractivity contribution in [3.8, 4) is 22.5 Å². The Morgan fingerprint density at radius 2 is 0.975 bits per heavy atom. The third-order valence-electron chi connectivity index (χ3n) is 13.0. The van der Waals surface area contributed by atoms with Crippen LogP contribution in [0.1, 0.15) is 76.4 Å². The monoisotopic (exact) mass is 1100 g/mol. The first-order valence-electron chi connectivity index (χ1n) is 26.6. The summed E-state index contributed by atoms with van der Waals surface area (Å²) >= 11 is 0. The Balaban J connectivity index is 0.000000225. The number of carbonyl (C=O) groups excluding carboxylic acids is 4. The minimum Gasteiger partial charge on any atom is -0.458 e. The number of nitrogens with one attached hydrogen (secondary N) is 2. The molecule has 0 saturated carbocycles. The lowest BCUT2D eigenvalue weighted by Gasteiger charge is -2.39. The molecule has 6 aromatic rings. The van der Waals surface area contributed by atoms with Crippen molar-refractivity contribution < 1.29 is 48.4 Å². The van der Waals surface area contributed by atoms with Crippen LogP contribution in [0.3, 0.4) is 0 Å². The number of hydrogen-bond acceptors (Lipinski definition) is 13. The predicted molar refractivity (Wildman–Crippen MR) is 308 cm³/mol. The number of aliphatic hydroxyl groups is 1. The standard InChI is InChI=1S/C28H35BN4O4.C27H31N3O4.C3H11BNO2P/c1-28(2,3)24(33-17-21(15-30-29(4)36)19-37-27(35)26(33)34)25-31-23(22-13-9-6-10-14-22)18-32(25)16-20-11-7-5-8-12-20;1-27(2,3)23(30-15-20(17-31)18-34-26(33)25(30)32)24-28-22(21-12-8-5-9-13-21)16-29(24)14-19-10-6-4-7-11-19;1-4(6)5-8(2,3)7/h5-14,18,21,24,30,36H,15-17,19H2,1-4H3;4-13,16,20,23,31H,14-15,17-18H2,1-3H3;6H,1-3H3,(H,5,7)/t21?,24-;20?,23-;/m00./s1. The molecule has 0 radical (unpaired) electrons. The molecule has 2 fully saturated rings. The van der Waals surface area contributed by atoms with Crippen LogP contribution in [0.4, 0.5) is 0 Å². The van der Waals surface area contributed by atoms with E-state index in [9.17, 15) is 33.9 Å². The molecule has 79 heavy (non-hydrogen) atoms. The van der Waals surface area contributed by atoms with E-state index in [1.165, 1.54) is 4.90 Å². The molecule has 8 rings (SSSR count). The molecule has 21 heteroatoms. The second kappa shape index (κ2) is 27.5. The number of hydrogen-bond donors (Lipinski definition) is 5. The van der Waals surface area contributed by atoms with Gasteiger partial charge in [0.1, 0.15) is 18.9 Å². The molecule has 18 nitrogen and oxygen atoms in total. The maximum Gasteiger partial charge on any atom is 0.397 e. The van der Waals surface area contributed by atoms with Crippen molar-refractivity contribution in [1.29, 1.82) is 0 Å². The maximum atomic E-state index is 13.4. The molecule has 4 heterocycles. The van der Waals surface area contributed by atoms with Gasteiger partial charge in [0.05, 0.1) is 43.3 Å². The van der Waals surface area contributed by atoms with Crippen molar-refractivity contribution in [2.45, 2.75) is 80.4 Å². The molecule has 2 aliphatic rings. The number of ether oxygens (including phenoxy) is 2. The molecule has 2 aromatic heterocycles. The highest BCUT2D eigenvalue weighted by Gasteiger charge is 2.45. The van der Waals surface area contributed by atoms with Gasteiger partial charge in [0.15, 0.2) is 0 Å². The number of benzene rings is 4. The van der Waals surface area contributed by atoms with Crippen molar-refractivity contribution in [2.75, 3.05) is 52.8 Å². The van der Waals surface area contributed by atoms with Gasteiger partial charge in [0, 0.05) is 74.9 Å². The molecule has 2 saturated heterocycles. The third kappa shape index (κ3) is 17.7. The molecular formula is C58H77B2N8O10P. The zero-order valence-electron chi connectivity index (χ0n) is 47.2. The molecular weight excluding hydrogens is 1020 g/mol. The van der Waals surface area contributed by atoms with Gasteiger partial charge in [-0.1, -0.05) is 163 Å². The fourth-order valence-corrected chi connectivity index (χ4v) is 10.5. The highest BCUT2D eigenvalue weighted by molar-refractivity contribution is 7.61. The number of rotatable bonds is 16. The zero-order chi connectivity index (χ0) is 57.7. The van der Waals surface area contributed by atoms with Crippen molar-refractivity contribution >= 4 is 45.1 Å². The molecule has 2 unspecified atom stereocenters. The normalized spacial score (nSPS) is 17.0. The number of aliphatic hydroxyl groups excluding tert-OH is 1. The largest absolute Gasteiger partial charge is 0.458 e. The van der Waals surface area contributed by atoms with E-state index in [2.05, 4.69) is 31.5 Å². The predicted octanol–water partition coefficient (Wildman–Crippen LogP) is 7.29. The molecule has 5 N–H and O–H groups in total. The first-order chi connectivity index (χ1) is 37.3. The number of imidazole rings is 2. The van der Waals surface area contributed by atoms with E-state index in [1.54, 1.807) is 31.9 Å². The van der Waals surface area contributed by atoms with Gasteiger partial charge < -0.3 is 53.4 Å². The topological polar surface area (TPSA) is 231 Å². The van der Waals surface area contributed by atoms with E-state index >= 15 is 0 Å². The van der Waals surface area contributed by atoms with Crippen LogP contribution in [0.5, 0.6) is 0 Å². The van der Waals surface area contributed by atoms with Gasteiger partial charge in [-0.2, -0.15) is 0 Å². The fraction of sp³-hybridized carbons (Fsp3) is 0.414. The Labute approximate surface area is 465 Å². The Bertz CT molecular complexity index is 2980. The molecule has 0 spiro atoms. The van der Waals surface area contributed by atoms with Crippen molar-refractivity contribution in [2.24, 2.45) is 22.7 Å². The molecule has 420 valence electrons. The summed E-state index contributed by atoms with van der Waals surface area (Å²) in [5.41, 5.74) is 4.85. The molecule has 0 bridgehead atoms. The van der Waals surface area contributed by atoms with Crippen LogP contribution in [0, 0.1) is 22.7 Å². The van der Waals surface area contributed by atoms with E-state index in [0.29, 0.717) is 37.8 Å². The zero-order valence-corrected chi connectivity index (χ0v) is 48.0. The Hall–Kier alpha value is -6.66. The van der Waals surface area contributed by atoms with Crippen LogP contribution in [0.2, 0.25) is 13.6 Å². The second-order valence-electron chi connectivity index (χ2n) is 22.7. The highest BCUT2D eigenvalue weighted by atomic mass is 31.2. The average Bonchev–Trinajstić information content (AvgIpc) is 4.14. The molecule has 4 aromatic carbocycles. The molecule has 2 amide bonds. The summed E-state index contributed by atoms with van der Waals surface area (Å²) in [6, 6.07) is 39.0. The molecule has 2 aliphatic heterocycles. The molecule has 4 atom stereocenters. The summed E-state index contributed by atoms with van der Waals surface area (Å²) in [7, 11) is -3.60. The summed E-state index contributed by atoms with van der Waals surface area (Å²) in [6.07, 6.45) is 4.02. The van der Waals surface area contributed by atoms with Gasteiger partial charge in [0.25, 0.3) is 0 Å². The summed E-state index contributed by atoms with van der Waals surface area (Å²) in [4.78, 5) is 67.3. The van der Waals surface area contributed by atoms with E-state index in [-0.39, 0.29) is 38.2 Å². The lowest BCUT2D eigenvalue weighted by Crippen LogP contribution is -2.47. The minimum absolute atomic E-state index is 0.0160. The van der Waals surface area contributed by atoms with Crippen LogP contribution in [0.15, 0.2) is 134 Å². The van der Waals surface area contributed by atoms with Gasteiger partial charge in [-0.05, 0) is 42.1 Å². The Morgan fingerprint density at radius 1 is 0.608 bits per heavy atom. The number of esters is 2. The van der Waals surface area contributed by atoms with E-state index in [1.807, 2.05) is 163 Å². The lowest BCUT2D eigenvalue weighted by molar-refractivity contribution is -0.160. The third-order valence-corrected chi connectivity index (χ3v) is 14.0. The number of aromatic nitrogens is 4. The van der Waals surface area contributed by atoms with Crippen LogP contribution in [-0.4, -0.2) is 135 Å². The fourth-order valence-electron chi connectivity index (χ4n) is 9.63. The second-order valence-corrected chi connectivity index (χ2v) is 25.7. The SMILES string of the molecule is CB(O)NCC1COC(=O)C(=O)N([C@@H](c2nc(-c3ccccc3)cn2Cc2ccccc2)C(C)(C)C)C1.CB(O)NP(C)(C)=O.CC(C)(C)[C@H](c1nc(-c2ccccc2)cn1Cc1ccccc1)N1CC(CO)COC(=O)C1=O. The first kappa shape index (κ1) is 61.6. The number of amides is 2. The van der Waals surface area contributed by atoms with E-state index in [4.69, 9.17) is 24.5 Å². The van der Waals surface area contributed by atoms with E-state index < -0.39 is 68.1 Å². The molecule has 0 aliphatic carbocycles.